The predicted octanol–water partition coefficient (Wildman–Crippen LogP) is 2.09. The molecule has 0 amide bonds. The van der Waals surface area contributed by atoms with Gasteiger partial charge in [-0.2, -0.15) is 0 Å². The second kappa shape index (κ2) is 4.72. The van der Waals surface area contributed by atoms with Crippen LogP contribution in [0, 0.1) is 3.57 Å². The lowest BCUT2D eigenvalue weighted by Gasteiger charge is -2.11. The lowest BCUT2D eigenvalue weighted by molar-refractivity contribution is -0.108. The fraction of sp³-hybridized carbons (Fsp3) is 0.300. The molecular formula is C10H11IO2. The first kappa shape index (κ1) is 10.7. The molecule has 0 radical (unpaired) electrons. The van der Waals surface area contributed by atoms with E-state index in [0.717, 1.165) is 21.0 Å². The first-order valence-electron chi connectivity index (χ1n) is 4.04. The molecule has 0 aliphatic heterocycles. The largest absolute Gasteiger partial charge is 0.392 e. The van der Waals surface area contributed by atoms with Gasteiger partial charge in [0, 0.05) is 9.49 Å². The predicted molar refractivity (Wildman–Crippen MR) is 59.6 cm³/mol. The molecule has 13 heavy (non-hydrogen) atoms. The van der Waals surface area contributed by atoms with Crippen molar-refractivity contribution in [3.63, 3.8) is 0 Å². The number of aldehydes is 1. The van der Waals surface area contributed by atoms with Crippen molar-refractivity contribution >= 4 is 28.9 Å². The molecule has 0 spiro atoms. The van der Waals surface area contributed by atoms with Gasteiger partial charge in [-0.3, -0.25) is 0 Å². The minimum Gasteiger partial charge on any atom is -0.392 e. The summed E-state index contributed by atoms with van der Waals surface area (Å²) in [5, 5.41) is 9.12. The zero-order chi connectivity index (χ0) is 9.84. The van der Waals surface area contributed by atoms with E-state index < -0.39 is 0 Å². The highest BCUT2D eigenvalue weighted by atomic mass is 127. The van der Waals surface area contributed by atoms with Crippen molar-refractivity contribution in [2.75, 3.05) is 0 Å². The smallest absolute Gasteiger partial charge is 0.127 e. The van der Waals surface area contributed by atoms with Gasteiger partial charge in [-0.1, -0.05) is 19.1 Å². The Morgan fingerprint density at radius 3 is 2.85 bits per heavy atom. The third kappa shape index (κ3) is 2.28. The van der Waals surface area contributed by atoms with Crippen LogP contribution in [0.5, 0.6) is 0 Å². The van der Waals surface area contributed by atoms with Crippen molar-refractivity contribution in [2.45, 2.75) is 19.4 Å². The Bertz CT molecular complexity index is 310. The molecule has 0 saturated heterocycles. The summed E-state index contributed by atoms with van der Waals surface area (Å²) >= 11 is 2.16. The molecule has 1 rings (SSSR count). The van der Waals surface area contributed by atoms with Crippen LogP contribution >= 0.6 is 22.6 Å². The first-order valence-corrected chi connectivity index (χ1v) is 5.12. The number of aliphatic hydroxyl groups is 1. The molecule has 70 valence electrons. The summed E-state index contributed by atoms with van der Waals surface area (Å²) in [6.45, 7) is 1.82. The van der Waals surface area contributed by atoms with Crippen molar-refractivity contribution in [3.05, 3.63) is 32.9 Å². The van der Waals surface area contributed by atoms with E-state index in [1.807, 2.05) is 25.1 Å². The zero-order valence-corrected chi connectivity index (χ0v) is 9.48. The summed E-state index contributed by atoms with van der Waals surface area (Å²) in [7, 11) is 0. The maximum atomic E-state index is 10.6. The minimum absolute atomic E-state index is 0.00731. The highest BCUT2D eigenvalue weighted by molar-refractivity contribution is 14.1. The second-order valence-corrected chi connectivity index (χ2v) is 4.05. The standard InChI is InChI=1S/C10H11IO2/c1-7(5-12)8-3-2-4-10(11)9(8)6-13/h2-5,7,13H,6H2,1H3. The van der Waals surface area contributed by atoms with Gasteiger partial charge in [0.05, 0.1) is 6.61 Å². The van der Waals surface area contributed by atoms with E-state index in [4.69, 9.17) is 5.11 Å². The van der Waals surface area contributed by atoms with Crippen LogP contribution in [-0.4, -0.2) is 11.4 Å². The van der Waals surface area contributed by atoms with E-state index in [-0.39, 0.29) is 12.5 Å². The van der Waals surface area contributed by atoms with Crippen LogP contribution in [0.25, 0.3) is 0 Å². The fourth-order valence-corrected chi connectivity index (χ4v) is 1.93. The summed E-state index contributed by atoms with van der Waals surface area (Å²) in [6.07, 6.45) is 0.893. The molecule has 0 aromatic heterocycles. The Balaban J connectivity index is 3.19. The Labute approximate surface area is 91.1 Å². The molecule has 0 fully saturated rings. The van der Waals surface area contributed by atoms with Crippen LogP contribution in [0.4, 0.5) is 0 Å². The molecular weight excluding hydrogens is 279 g/mol. The van der Waals surface area contributed by atoms with E-state index in [0.29, 0.717) is 0 Å². The molecule has 3 heteroatoms. The summed E-state index contributed by atoms with van der Waals surface area (Å²) in [4.78, 5) is 10.6. The molecule has 1 atom stereocenters. The molecule has 1 aromatic rings. The summed E-state index contributed by atoms with van der Waals surface area (Å²) in [5.74, 6) is -0.142. The zero-order valence-electron chi connectivity index (χ0n) is 7.33. The second-order valence-electron chi connectivity index (χ2n) is 2.89. The Morgan fingerprint density at radius 2 is 2.31 bits per heavy atom. The van der Waals surface area contributed by atoms with E-state index >= 15 is 0 Å². The van der Waals surface area contributed by atoms with Crippen LogP contribution < -0.4 is 0 Å². The summed E-state index contributed by atoms with van der Waals surface area (Å²) < 4.78 is 1.01. The number of carbonyl (C=O) groups is 1. The van der Waals surface area contributed by atoms with Crippen LogP contribution in [0.2, 0.25) is 0 Å². The minimum atomic E-state index is -0.142. The van der Waals surface area contributed by atoms with Gasteiger partial charge in [0.15, 0.2) is 0 Å². The van der Waals surface area contributed by atoms with Gasteiger partial charge in [-0.15, -0.1) is 0 Å². The van der Waals surface area contributed by atoms with Gasteiger partial charge >= 0.3 is 0 Å². The molecule has 0 bridgehead atoms. The average Bonchev–Trinajstić information content (AvgIpc) is 2.16. The first-order chi connectivity index (χ1) is 6.20. The van der Waals surface area contributed by atoms with Gasteiger partial charge in [0.2, 0.25) is 0 Å². The van der Waals surface area contributed by atoms with E-state index in [1.54, 1.807) is 0 Å². The van der Waals surface area contributed by atoms with Crippen LogP contribution in [0.15, 0.2) is 18.2 Å². The van der Waals surface area contributed by atoms with Gasteiger partial charge in [0.25, 0.3) is 0 Å². The average molecular weight is 290 g/mol. The molecule has 1 aromatic carbocycles. The Kier molecular flexibility index (Phi) is 3.87. The maximum absolute atomic E-state index is 10.6. The highest BCUT2D eigenvalue weighted by Gasteiger charge is 2.10. The molecule has 1 unspecified atom stereocenters. The molecule has 0 saturated carbocycles. The third-order valence-corrected chi connectivity index (χ3v) is 3.02. The van der Waals surface area contributed by atoms with Crippen molar-refractivity contribution in [3.8, 4) is 0 Å². The topological polar surface area (TPSA) is 37.3 Å². The van der Waals surface area contributed by atoms with Crippen molar-refractivity contribution in [2.24, 2.45) is 0 Å². The monoisotopic (exact) mass is 290 g/mol. The number of halogens is 1. The number of rotatable bonds is 3. The molecule has 0 heterocycles. The quantitative estimate of drug-likeness (QED) is 0.683. The molecule has 1 N–H and O–H groups in total. The highest BCUT2D eigenvalue weighted by Crippen LogP contribution is 2.22. The molecule has 2 nitrogen and oxygen atoms in total. The van der Waals surface area contributed by atoms with Gasteiger partial charge in [-0.05, 0) is 39.8 Å². The number of benzene rings is 1. The normalized spacial score (nSPS) is 12.5. The van der Waals surface area contributed by atoms with E-state index in [9.17, 15) is 4.79 Å². The van der Waals surface area contributed by atoms with Gasteiger partial charge < -0.3 is 9.90 Å². The number of hydrogen-bond donors (Lipinski definition) is 1. The third-order valence-electron chi connectivity index (χ3n) is 2.01. The lowest BCUT2D eigenvalue weighted by atomic mass is 9.97. The van der Waals surface area contributed by atoms with Crippen molar-refractivity contribution in [1.29, 1.82) is 0 Å². The number of hydrogen-bond acceptors (Lipinski definition) is 2. The van der Waals surface area contributed by atoms with Crippen LogP contribution in [-0.2, 0) is 11.4 Å². The van der Waals surface area contributed by atoms with Crippen molar-refractivity contribution < 1.29 is 9.90 Å². The van der Waals surface area contributed by atoms with Crippen LogP contribution in [0.3, 0.4) is 0 Å². The van der Waals surface area contributed by atoms with Gasteiger partial charge in [-0.25, -0.2) is 0 Å². The van der Waals surface area contributed by atoms with E-state index in [1.165, 1.54) is 0 Å². The number of aliphatic hydroxyl groups excluding tert-OH is 1. The summed E-state index contributed by atoms with van der Waals surface area (Å²) in [6, 6.07) is 5.70. The lowest BCUT2D eigenvalue weighted by Crippen LogP contribution is -2.02. The van der Waals surface area contributed by atoms with Crippen molar-refractivity contribution in [1.82, 2.24) is 0 Å². The van der Waals surface area contributed by atoms with Gasteiger partial charge in [0.1, 0.15) is 6.29 Å². The summed E-state index contributed by atoms with van der Waals surface area (Å²) in [5.41, 5.74) is 1.78. The fourth-order valence-electron chi connectivity index (χ4n) is 1.24. The Morgan fingerprint density at radius 1 is 1.62 bits per heavy atom. The van der Waals surface area contributed by atoms with Crippen LogP contribution in [0.1, 0.15) is 24.0 Å². The maximum Gasteiger partial charge on any atom is 0.127 e. The molecule has 0 aliphatic carbocycles. The SMILES string of the molecule is CC(C=O)c1cccc(I)c1CO. The molecule has 0 aliphatic rings. The van der Waals surface area contributed by atoms with E-state index in [2.05, 4.69) is 22.6 Å². The Hall–Kier alpha value is -0.420. The number of carbonyl (C=O) groups excluding carboxylic acids is 1.